The summed E-state index contributed by atoms with van der Waals surface area (Å²) in [7, 11) is 1.69. The second-order valence-electron chi connectivity index (χ2n) is 3.31. The lowest BCUT2D eigenvalue weighted by Crippen LogP contribution is -1.97. The Bertz CT molecular complexity index is 454. The van der Waals surface area contributed by atoms with Gasteiger partial charge in [0.2, 0.25) is 0 Å². The van der Waals surface area contributed by atoms with Crippen molar-refractivity contribution in [1.82, 2.24) is 4.98 Å². The molecule has 16 heavy (non-hydrogen) atoms. The molecule has 0 aliphatic rings. The van der Waals surface area contributed by atoms with Crippen molar-refractivity contribution in [3.63, 3.8) is 0 Å². The molecule has 2 rings (SSSR count). The number of benzene rings is 1. The fraction of sp³-hybridized carbons (Fsp3) is 0.250. The molecule has 1 N–H and O–H groups in total. The Kier molecular flexibility index (Phi) is 3.41. The first-order valence-corrected chi connectivity index (χ1v) is 6.04. The minimum Gasteiger partial charge on any atom is -0.496 e. The number of aromatic nitrogens is 1. The molecule has 1 heterocycles. The molecule has 0 saturated carbocycles. The highest BCUT2D eigenvalue weighted by atomic mass is 32.1. The molecular weight excluding hydrogens is 220 g/mol. The Balaban J connectivity index is 2.43. The Hall–Kier alpha value is -1.55. The highest BCUT2D eigenvalue weighted by Crippen LogP contribution is 2.34. The van der Waals surface area contributed by atoms with Gasteiger partial charge in [0.25, 0.3) is 0 Å². The van der Waals surface area contributed by atoms with Gasteiger partial charge in [-0.25, -0.2) is 0 Å². The van der Waals surface area contributed by atoms with Gasteiger partial charge in [-0.05, 0) is 25.1 Å². The number of nitrogens with one attached hydrogen (secondary N) is 1. The van der Waals surface area contributed by atoms with Crippen molar-refractivity contribution in [2.45, 2.75) is 6.92 Å². The fourth-order valence-corrected chi connectivity index (χ4v) is 2.21. The van der Waals surface area contributed by atoms with Gasteiger partial charge in [-0.3, -0.25) is 4.98 Å². The maximum atomic E-state index is 5.35. The van der Waals surface area contributed by atoms with E-state index in [9.17, 15) is 0 Å². The van der Waals surface area contributed by atoms with Crippen molar-refractivity contribution in [2.75, 3.05) is 19.0 Å². The predicted molar refractivity (Wildman–Crippen MR) is 68.3 cm³/mol. The summed E-state index contributed by atoms with van der Waals surface area (Å²) in [5.74, 6) is 0.880. The summed E-state index contributed by atoms with van der Waals surface area (Å²) in [6.07, 6.45) is 1.86. The third-order valence-corrected chi connectivity index (χ3v) is 3.08. The maximum absolute atomic E-state index is 5.35. The third-order valence-electron chi connectivity index (χ3n) is 2.28. The van der Waals surface area contributed by atoms with E-state index in [0.29, 0.717) is 0 Å². The summed E-state index contributed by atoms with van der Waals surface area (Å²) in [5.41, 5.74) is 4.02. The Labute approximate surface area is 99.1 Å². The lowest BCUT2D eigenvalue weighted by Gasteiger charge is -2.09. The van der Waals surface area contributed by atoms with Crippen LogP contribution in [0.3, 0.4) is 0 Å². The van der Waals surface area contributed by atoms with Crippen LogP contribution >= 0.6 is 11.3 Å². The highest BCUT2D eigenvalue weighted by Gasteiger charge is 2.08. The van der Waals surface area contributed by atoms with Gasteiger partial charge in [-0.15, -0.1) is 11.3 Å². The van der Waals surface area contributed by atoms with Gasteiger partial charge in [-0.1, -0.05) is 0 Å². The number of methoxy groups -OCH3 is 1. The van der Waals surface area contributed by atoms with Crippen LogP contribution in [0.25, 0.3) is 10.4 Å². The minimum atomic E-state index is 0.880. The zero-order valence-electron chi connectivity index (χ0n) is 9.36. The average molecular weight is 234 g/mol. The first kappa shape index (κ1) is 11.0. The lowest BCUT2D eigenvalue weighted by atomic mass is 10.1. The Morgan fingerprint density at radius 3 is 2.94 bits per heavy atom. The van der Waals surface area contributed by atoms with E-state index in [2.05, 4.69) is 23.3 Å². The number of thiazole rings is 1. The number of ether oxygens (including phenoxy) is 1. The molecule has 0 fully saturated rings. The van der Waals surface area contributed by atoms with Gasteiger partial charge >= 0.3 is 0 Å². The number of hydrogen-bond acceptors (Lipinski definition) is 4. The second kappa shape index (κ2) is 4.99. The zero-order chi connectivity index (χ0) is 11.4. The number of anilines is 1. The quantitative estimate of drug-likeness (QED) is 0.881. The molecule has 0 atom stereocenters. The number of rotatable bonds is 4. The molecule has 0 unspecified atom stereocenters. The van der Waals surface area contributed by atoms with E-state index in [-0.39, 0.29) is 0 Å². The first-order valence-electron chi connectivity index (χ1n) is 5.16. The monoisotopic (exact) mass is 234 g/mol. The van der Waals surface area contributed by atoms with Crippen molar-refractivity contribution in [1.29, 1.82) is 0 Å². The normalized spacial score (nSPS) is 10.1. The molecule has 0 saturated heterocycles. The van der Waals surface area contributed by atoms with Gasteiger partial charge in [0.05, 0.1) is 17.5 Å². The van der Waals surface area contributed by atoms with Gasteiger partial charge < -0.3 is 10.1 Å². The molecule has 84 valence electrons. The lowest BCUT2D eigenvalue weighted by molar-refractivity contribution is 0.416. The molecule has 0 bridgehead atoms. The van der Waals surface area contributed by atoms with Crippen molar-refractivity contribution >= 4 is 17.0 Å². The molecule has 0 amide bonds. The third kappa shape index (κ3) is 2.17. The van der Waals surface area contributed by atoms with Crippen molar-refractivity contribution < 1.29 is 4.74 Å². The Morgan fingerprint density at radius 2 is 2.31 bits per heavy atom. The van der Waals surface area contributed by atoms with E-state index in [1.54, 1.807) is 18.4 Å². The van der Waals surface area contributed by atoms with Crippen LogP contribution in [0.5, 0.6) is 5.75 Å². The van der Waals surface area contributed by atoms with Crippen LogP contribution in [-0.2, 0) is 0 Å². The van der Waals surface area contributed by atoms with Gasteiger partial charge in [0, 0.05) is 24.0 Å². The van der Waals surface area contributed by atoms with E-state index in [4.69, 9.17) is 4.74 Å². The van der Waals surface area contributed by atoms with Crippen LogP contribution in [0, 0.1) is 0 Å². The van der Waals surface area contributed by atoms with Crippen molar-refractivity contribution in [3.05, 3.63) is 29.9 Å². The van der Waals surface area contributed by atoms with Crippen LogP contribution in [0.4, 0.5) is 5.69 Å². The number of nitrogens with zero attached hydrogens (tertiary/aromatic N) is 1. The molecule has 0 radical (unpaired) electrons. The highest BCUT2D eigenvalue weighted by molar-refractivity contribution is 7.13. The summed E-state index contributed by atoms with van der Waals surface area (Å²) in [5, 5.41) is 3.29. The summed E-state index contributed by atoms with van der Waals surface area (Å²) < 4.78 is 5.35. The van der Waals surface area contributed by atoms with Crippen LogP contribution in [0.15, 0.2) is 29.9 Å². The smallest absolute Gasteiger partial charge is 0.127 e. The Morgan fingerprint density at radius 1 is 1.44 bits per heavy atom. The molecule has 0 aliphatic heterocycles. The van der Waals surface area contributed by atoms with Crippen molar-refractivity contribution in [2.24, 2.45) is 0 Å². The van der Waals surface area contributed by atoms with E-state index in [0.717, 1.165) is 28.4 Å². The maximum Gasteiger partial charge on any atom is 0.127 e. The second-order valence-corrected chi connectivity index (χ2v) is 4.20. The molecular formula is C12H14N2OS. The molecule has 1 aromatic heterocycles. The van der Waals surface area contributed by atoms with Crippen LogP contribution in [0.1, 0.15) is 6.92 Å². The molecule has 4 heteroatoms. The van der Waals surface area contributed by atoms with Crippen LogP contribution in [0.2, 0.25) is 0 Å². The summed E-state index contributed by atoms with van der Waals surface area (Å²) >= 11 is 1.61. The van der Waals surface area contributed by atoms with E-state index < -0.39 is 0 Å². The zero-order valence-corrected chi connectivity index (χ0v) is 10.2. The standard InChI is InChI=1S/C12H14N2OS/c1-3-14-9-4-5-11(15-2)10(6-9)12-7-13-8-16-12/h4-8,14H,3H2,1-2H3. The van der Waals surface area contributed by atoms with Crippen LogP contribution < -0.4 is 10.1 Å². The van der Waals surface area contributed by atoms with E-state index in [1.807, 2.05) is 23.8 Å². The summed E-state index contributed by atoms with van der Waals surface area (Å²) in [6.45, 7) is 2.99. The topological polar surface area (TPSA) is 34.1 Å². The average Bonchev–Trinajstić information content (AvgIpc) is 2.83. The van der Waals surface area contributed by atoms with Gasteiger partial charge in [0.15, 0.2) is 0 Å². The van der Waals surface area contributed by atoms with Gasteiger partial charge in [0.1, 0.15) is 5.75 Å². The number of hydrogen-bond donors (Lipinski definition) is 1. The van der Waals surface area contributed by atoms with Crippen LogP contribution in [-0.4, -0.2) is 18.6 Å². The van der Waals surface area contributed by atoms with Crippen molar-refractivity contribution in [3.8, 4) is 16.2 Å². The minimum absolute atomic E-state index is 0.880. The first-order chi connectivity index (χ1) is 7.85. The summed E-state index contributed by atoms with van der Waals surface area (Å²) in [4.78, 5) is 5.21. The molecule has 3 nitrogen and oxygen atoms in total. The van der Waals surface area contributed by atoms with E-state index >= 15 is 0 Å². The van der Waals surface area contributed by atoms with E-state index in [1.165, 1.54) is 0 Å². The SMILES string of the molecule is CCNc1ccc(OC)c(-c2cncs2)c1. The van der Waals surface area contributed by atoms with Gasteiger partial charge in [-0.2, -0.15) is 0 Å². The largest absolute Gasteiger partial charge is 0.496 e. The molecule has 1 aromatic carbocycles. The predicted octanol–water partition coefficient (Wildman–Crippen LogP) is 3.25. The fourth-order valence-electron chi connectivity index (χ4n) is 1.56. The molecule has 0 aliphatic carbocycles. The molecule has 2 aromatic rings. The summed E-state index contributed by atoms with van der Waals surface area (Å²) in [6, 6.07) is 6.09. The molecule has 0 spiro atoms.